The van der Waals surface area contributed by atoms with Gasteiger partial charge >= 0.3 is 6.18 Å². The Hall–Kier alpha value is -1.04. The average Bonchev–Trinajstić information content (AvgIpc) is 2.47. The van der Waals surface area contributed by atoms with Gasteiger partial charge in [0.15, 0.2) is 5.69 Å². The molecule has 2 N–H and O–H groups in total. The number of hydrogen-bond acceptors (Lipinski definition) is 2. The van der Waals surface area contributed by atoms with E-state index in [9.17, 15) is 13.2 Å². The van der Waals surface area contributed by atoms with Gasteiger partial charge in [-0.1, -0.05) is 6.42 Å². The quantitative estimate of drug-likeness (QED) is 0.846. The Bertz CT molecular complexity index is 385. The average molecular weight is 233 g/mol. The molecule has 1 saturated carbocycles. The lowest BCUT2D eigenvalue weighted by molar-refractivity contribution is -0.141. The molecule has 1 aromatic heterocycles. The Kier molecular flexibility index (Phi) is 2.49. The van der Waals surface area contributed by atoms with Gasteiger partial charge in [-0.2, -0.15) is 18.3 Å². The van der Waals surface area contributed by atoms with Gasteiger partial charge in [-0.15, -0.1) is 0 Å². The first-order chi connectivity index (χ1) is 7.39. The lowest BCUT2D eigenvalue weighted by atomic mass is 9.66. The maximum absolute atomic E-state index is 12.5. The number of alkyl halides is 3. The van der Waals surface area contributed by atoms with Crippen LogP contribution in [0.1, 0.15) is 30.7 Å². The van der Waals surface area contributed by atoms with Gasteiger partial charge in [-0.3, -0.25) is 4.68 Å². The minimum absolute atomic E-state index is 0.286. The Morgan fingerprint density at radius 1 is 1.50 bits per heavy atom. The van der Waals surface area contributed by atoms with E-state index in [0.717, 1.165) is 25.3 Å². The molecule has 0 aromatic carbocycles. The van der Waals surface area contributed by atoms with Gasteiger partial charge in [-0.25, -0.2) is 0 Å². The fourth-order valence-corrected chi connectivity index (χ4v) is 2.27. The van der Waals surface area contributed by atoms with E-state index in [1.165, 1.54) is 4.68 Å². The summed E-state index contributed by atoms with van der Waals surface area (Å²) in [4.78, 5) is 0. The van der Waals surface area contributed by atoms with E-state index in [0.29, 0.717) is 12.2 Å². The molecule has 0 atom stereocenters. The molecule has 1 heterocycles. The molecule has 90 valence electrons. The highest BCUT2D eigenvalue weighted by molar-refractivity contribution is 5.25. The van der Waals surface area contributed by atoms with Crippen molar-refractivity contribution in [3.05, 3.63) is 17.5 Å². The second kappa shape index (κ2) is 3.48. The molecular weight excluding hydrogens is 219 g/mol. The summed E-state index contributed by atoms with van der Waals surface area (Å²) in [6, 6.07) is 1.13. The second-order valence-electron chi connectivity index (χ2n) is 4.37. The number of nitrogens with zero attached hydrogens (tertiary/aromatic N) is 2. The molecule has 0 bridgehead atoms. The summed E-state index contributed by atoms with van der Waals surface area (Å²) in [5, 5.41) is 3.51. The molecule has 3 nitrogen and oxygen atoms in total. The van der Waals surface area contributed by atoms with Crippen molar-refractivity contribution in [3.63, 3.8) is 0 Å². The predicted molar refractivity (Wildman–Crippen MR) is 52.8 cm³/mol. The lowest BCUT2D eigenvalue weighted by Gasteiger charge is -2.40. The summed E-state index contributed by atoms with van der Waals surface area (Å²) < 4.78 is 38.8. The normalized spacial score (nSPS) is 19.6. The summed E-state index contributed by atoms with van der Waals surface area (Å²) >= 11 is 0. The van der Waals surface area contributed by atoms with E-state index in [-0.39, 0.29) is 5.41 Å². The first-order valence-electron chi connectivity index (χ1n) is 5.21. The Morgan fingerprint density at radius 2 is 2.12 bits per heavy atom. The van der Waals surface area contributed by atoms with Crippen LogP contribution in [0.5, 0.6) is 0 Å². The van der Waals surface area contributed by atoms with Crippen LogP contribution in [0.4, 0.5) is 13.2 Å². The lowest BCUT2D eigenvalue weighted by Crippen LogP contribution is -2.43. The summed E-state index contributed by atoms with van der Waals surface area (Å²) in [6.45, 7) is 0.379. The van der Waals surface area contributed by atoms with E-state index in [1.807, 2.05) is 0 Å². The third kappa shape index (κ3) is 1.61. The van der Waals surface area contributed by atoms with Gasteiger partial charge < -0.3 is 5.73 Å². The van der Waals surface area contributed by atoms with Gasteiger partial charge in [-0.05, 0) is 18.9 Å². The van der Waals surface area contributed by atoms with Gasteiger partial charge in [0, 0.05) is 24.7 Å². The predicted octanol–water partition coefficient (Wildman–Crippen LogP) is 1.82. The smallest absolute Gasteiger partial charge is 0.330 e. The first kappa shape index (κ1) is 11.4. The molecular formula is C10H14F3N3. The van der Waals surface area contributed by atoms with Crippen molar-refractivity contribution in [1.29, 1.82) is 0 Å². The molecule has 0 saturated heterocycles. The summed E-state index contributed by atoms with van der Waals surface area (Å²) in [6.07, 6.45) is -1.67. The molecule has 1 fully saturated rings. The third-order valence-corrected chi connectivity index (χ3v) is 3.42. The molecule has 1 aliphatic rings. The monoisotopic (exact) mass is 233 g/mol. The van der Waals surface area contributed by atoms with E-state index in [1.54, 1.807) is 7.05 Å². The summed E-state index contributed by atoms with van der Waals surface area (Å²) in [5.74, 6) is 0. The maximum atomic E-state index is 12.5. The molecule has 0 aliphatic heterocycles. The zero-order chi connectivity index (χ0) is 12.0. The molecule has 1 aliphatic carbocycles. The number of aromatic nitrogens is 2. The summed E-state index contributed by atoms with van der Waals surface area (Å²) in [7, 11) is 1.54. The molecule has 0 radical (unpaired) electrons. The Morgan fingerprint density at radius 3 is 2.44 bits per heavy atom. The SMILES string of the molecule is Cn1nc(C(F)(F)F)cc1C1(CN)CCC1. The zero-order valence-electron chi connectivity index (χ0n) is 9.01. The fourth-order valence-electron chi connectivity index (χ4n) is 2.27. The van der Waals surface area contributed by atoms with Crippen molar-refractivity contribution in [3.8, 4) is 0 Å². The fraction of sp³-hybridized carbons (Fsp3) is 0.700. The minimum Gasteiger partial charge on any atom is -0.330 e. The number of hydrogen-bond donors (Lipinski definition) is 1. The van der Waals surface area contributed by atoms with Crippen LogP contribution in [0.15, 0.2) is 6.07 Å². The van der Waals surface area contributed by atoms with Crippen molar-refractivity contribution in [2.24, 2.45) is 12.8 Å². The molecule has 2 rings (SSSR count). The van der Waals surface area contributed by atoms with Gasteiger partial charge in [0.05, 0.1) is 0 Å². The van der Waals surface area contributed by atoms with Crippen molar-refractivity contribution in [2.75, 3.05) is 6.54 Å². The van der Waals surface area contributed by atoms with Crippen LogP contribution in [0, 0.1) is 0 Å². The third-order valence-electron chi connectivity index (χ3n) is 3.42. The van der Waals surface area contributed by atoms with Crippen LogP contribution in [-0.4, -0.2) is 16.3 Å². The largest absolute Gasteiger partial charge is 0.435 e. The molecule has 0 spiro atoms. The standard InChI is InChI=1S/C10H14F3N3/c1-16-8(9(6-14)3-2-4-9)5-7(15-16)10(11,12)13/h5H,2-4,6,14H2,1H3. The van der Waals surface area contributed by atoms with Gasteiger partial charge in [0.25, 0.3) is 0 Å². The highest BCUT2D eigenvalue weighted by atomic mass is 19.4. The molecule has 6 heteroatoms. The summed E-state index contributed by atoms with van der Waals surface area (Å²) in [5.41, 5.74) is 5.16. The molecule has 0 amide bonds. The number of rotatable bonds is 2. The van der Waals surface area contributed by atoms with E-state index in [4.69, 9.17) is 5.73 Å². The van der Waals surface area contributed by atoms with Crippen LogP contribution in [0.3, 0.4) is 0 Å². The minimum atomic E-state index is -4.38. The zero-order valence-corrected chi connectivity index (χ0v) is 9.01. The van der Waals surface area contributed by atoms with Gasteiger partial charge in [0.2, 0.25) is 0 Å². The van der Waals surface area contributed by atoms with Crippen molar-refractivity contribution >= 4 is 0 Å². The van der Waals surface area contributed by atoms with E-state index < -0.39 is 11.9 Å². The van der Waals surface area contributed by atoms with Crippen molar-refractivity contribution < 1.29 is 13.2 Å². The molecule has 1 aromatic rings. The Labute approximate surface area is 91.4 Å². The highest BCUT2D eigenvalue weighted by Gasteiger charge is 2.43. The highest BCUT2D eigenvalue weighted by Crippen LogP contribution is 2.43. The van der Waals surface area contributed by atoms with E-state index >= 15 is 0 Å². The van der Waals surface area contributed by atoms with Crippen LogP contribution in [0.2, 0.25) is 0 Å². The number of nitrogens with two attached hydrogens (primary N) is 1. The number of halogens is 3. The van der Waals surface area contributed by atoms with Crippen molar-refractivity contribution in [2.45, 2.75) is 30.9 Å². The van der Waals surface area contributed by atoms with Crippen LogP contribution in [-0.2, 0) is 18.6 Å². The van der Waals surface area contributed by atoms with Crippen LogP contribution >= 0.6 is 0 Å². The van der Waals surface area contributed by atoms with Gasteiger partial charge in [0.1, 0.15) is 0 Å². The second-order valence-corrected chi connectivity index (χ2v) is 4.37. The van der Waals surface area contributed by atoms with Crippen LogP contribution < -0.4 is 5.73 Å². The maximum Gasteiger partial charge on any atom is 0.435 e. The Balaban J connectivity index is 2.39. The van der Waals surface area contributed by atoms with Crippen molar-refractivity contribution in [1.82, 2.24) is 9.78 Å². The first-order valence-corrected chi connectivity index (χ1v) is 5.21. The van der Waals surface area contributed by atoms with E-state index in [2.05, 4.69) is 5.10 Å². The molecule has 16 heavy (non-hydrogen) atoms. The van der Waals surface area contributed by atoms with Crippen LogP contribution in [0.25, 0.3) is 0 Å². The molecule has 0 unspecified atom stereocenters. The topological polar surface area (TPSA) is 43.8 Å². The number of aryl methyl sites for hydroxylation is 1.